The van der Waals surface area contributed by atoms with Crippen LogP contribution in [0.4, 0.5) is 0 Å². The van der Waals surface area contributed by atoms with Crippen LogP contribution in [0.2, 0.25) is 0 Å². The lowest BCUT2D eigenvalue weighted by Gasteiger charge is -2.29. The molecule has 19 heavy (non-hydrogen) atoms. The Balaban J connectivity index is 1.93. The van der Waals surface area contributed by atoms with E-state index < -0.39 is 12.0 Å². The molecule has 0 bridgehead atoms. The van der Waals surface area contributed by atoms with Crippen molar-refractivity contribution in [1.82, 2.24) is 10.2 Å². The summed E-state index contributed by atoms with van der Waals surface area (Å²) >= 11 is 0. The molecule has 1 saturated carbocycles. The number of nitrogens with zero attached hydrogens (tertiary/aromatic N) is 1. The van der Waals surface area contributed by atoms with Gasteiger partial charge in [0.25, 0.3) is 0 Å². The topological polar surface area (TPSA) is 86.7 Å². The SMILES string of the molecule is CCN1C(=O)CC(NC2CCCC(C(=O)O)C2)C1=O. The number of likely N-dealkylation sites (tertiary alicyclic amines) is 1. The van der Waals surface area contributed by atoms with E-state index >= 15 is 0 Å². The van der Waals surface area contributed by atoms with Gasteiger partial charge in [-0.15, -0.1) is 0 Å². The third kappa shape index (κ3) is 2.94. The summed E-state index contributed by atoms with van der Waals surface area (Å²) < 4.78 is 0. The van der Waals surface area contributed by atoms with Crippen molar-refractivity contribution >= 4 is 17.8 Å². The maximum atomic E-state index is 12.0. The van der Waals surface area contributed by atoms with Gasteiger partial charge in [-0.25, -0.2) is 0 Å². The first kappa shape index (κ1) is 14.0. The van der Waals surface area contributed by atoms with Gasteiger partial charge >= 0.3 is 5.97 Å². The predicted molar refractivity (Wildman–Crippen MR) is 67.3 cm³/mol. The summed E-state index contributed by atoms with van der Waals surface area (Å²) in [5.74, 6) is -1.42. The van der Waals surface area contributed by atoms with Crippen LogP contribution in [-0.4, -0.2) is 46.4 Å². The number of carbonyl (C=O) groups excluding carboxylic acids is 2. The maximum Gasteiger partial charge on any atom is 0.306 e. The van der Waals surface area contributed by atoms with Crippen molar-refractivity contribution in [2.45, 2.75) is 51.1 Å². The molecule has 2 fully saturated rings. The van der Waals surface area contributed by atoms with Crippen LogP contribution in [0.15, 0.2) is 0 Å². The lowest BCUT2D eigenvalue weighted by Crippen LogP contribution is -2.46. The zero-order chi connectivity index (χ0) is 14.0. The van der Waals surface area contributed by atoms with E-state index in [0.717, 1.165) is 12.8 Å². The van der Waals surface area contributed by atoms with Crippen molar-refractivity contribution < 1.29 is 19.5 Å². The Morgan fingerprint density at radius 2 is 2.16 bits per heavy atom. The largest absolute Gasteiger partial charge is 0.481 e. The highest BCUT2D eigenvalue weighted by Crippen LogP contribution is 2.26. The molecule has 1 saturated heterocycles. The van der Waals surface area contributed by atoms with Crippen molar-refractivity contribution in [2.24, 2.45) is 5.92 Å². The molecule has 2 N–H and O–H groups in total. The number of likely N-dealkylation sites (N-methyl/N-ethyl adjacent to an activating group) is 1. The molecule has 0 aromatic heterocycles. The number of aliphatic carboxylic acids is 1. The third-order valence-electron chi connectivity index (χ3n) is 4.02. The van der Waals surface area contributed by atoms with Gasteiger partial charge in [0.1, 0.15) is 0 Å². The van der Waals surface area contributed by atoms with Gasteiger partial charge < -0.3 is 10.4 Å². The first-order chi connectivity index (χ1) is 9.02. The molecule has 3 unspecified atom stereocenters. The van der Waals surface area contributed by atoms with Crippen LogP contribution in [0, 0.1) is 5.92 Å². The molecule has 1 aliphatic carbocycles. The van der Waals surface area contributed by atoms with Crippen LogP contribution in [0.1, 0.15) is 39.0 Å². The Hall–Kier alpha value is -1.43. The third-order valence-corrected chi connectivity index (χ3v) is 4.02. The molecule has 2 amide bonds. The summed E-state index contributed by atoms with van der Waals surface area (Å²) in [7, 11) is 0. The van der Waals surface area contributed by atoms with Gasteiger partial charge in [0.05, 0.1) is 18.4 Å². The lowest BCUT2D eigenvalue weighted by molar-refractivity contribution is -0.143. The van der Waals surface area contributed by atoms with Gasteiger partial charge in [0.2, 0.25) is 11.8 Å². The summed E-state index contributed by atoms with van der Waals surface area (Å²) in [5.41, 5.74) is 0. The standard InChI is InChI=1S/C13H20N2O4/c1-2-15-11(16)7-10(12(15)17)14-9-5-3-4-8(6-9)13(18)19/h8-10,14H,2-7H2,1H3,(H,18,19). The van der Waals surface area contributed by atoms with E-state index in [4.69, 9.17) is 5.11 Å². The first-order valence-corrected chi connectivity index (χ1v) is 6.86. The summed E-state index contributed by atoms with van der Waals surface area (Å²) in [6.45, 7) is 2.18. The zero-order valence-corrected chi connectivity index (χ0v) is 11.1. The highest BCUT2D eigenvalue weighted by molar-refractivity contribution is 6.05. The molecule has 6 heteroatoms. The molecule has 6 nitrogen and oxygen atoms in total. The Bertz CT molecular complexity index is 396. The van der Waals surface area contributed by atoms with Crippen LogP contribution < -0.4 is 5.32 Å². The van der Waals surface area contributed by atoms with Gasteiger partial charge in [-0.3, -0.25) is 19.3 Å². The Labute approximate surface area is 112 Å². The molecular weight excluding hydrogens is 248 g/mol. The first-order valence-electron chi connectivity index (χ1n) is 6.86. The second-order valence-electron chi connectivity index (χ2n) is 5.30. The highest BCUT2D eigenvalue weighted by atomic mass is 16.4. The second-order valence-corrected chi connectivity index (χ2v) is 5.30. The minimum atomic E-state index is -0.768. The summed E-state index contributed by atoms with van der Waals surface area (Å²) in [6.07, 6.45) is 3.15. The molecule has 1 aliphatic heterocycles. The lowest BCUT2D eigenvalue weighted by atomic mass is 9.85. The van der Waals surface area contributed by atoms with Gasteiger partial charge in [-0.1, -0.05) is 6.42 Å². The molecule has 0 radical (unpaired) electrons. The van der Waals surface area contributed by atoms with Gasteiger partial charge in [0, 0.05) is 12.6 Å². The summed E-state index contributed by atoms with van der Waals surface area (Å²) in [4.78, 5) is 35.8. The number of carboxylic acid groups (broad SMARTS) is 1. The van der Waals surface area contributed by atoms with Crippen molar-refractivity contribution in [3.05, 3.63) is 0 Å². The molecule has 106 valence electrons. The van der Waals surface area contributed by atoms with E-state index in [1.807, 2.05) is 0 Å². The fourth-order valence-corrected chi connectivity index (χ4v) is 3.00. The molecule has 0 aromatic carbocycles. The predicted octanol–water partition coefficient (Wildman–Crippen LogP) is 0.367. The summed E-state index contributed by atoms with van der Waals surface area (Å²) in [6, 6.07) is -0.446. The van der Waals surface area contributed by atoms with Crippen molar-refractivity contribution in [3.63, 3.8) is 0 Å². The number of rotatable bonds is 4. The highest BCUT2D eigenvalue weighted by Gasteiger charge is 2.39. The van der Waals surface area contributed by atoms with Gasteiger partial charge in [0.15, 0.2) is 0 Å². The zero-order valence-electron chi connectivity index (χ0n) is 11.1. The maximum absolute atomic E-state index is 12.0. The second kappa shape index (κ2) is 5.69. The smallest absolute Gasteiger partial charge is 0.306 e. The quantitative estimate of drug-likeness (QED) is 0.719. The number of hydrogen-bond acceptors (Lipinski definition) is 4. The Kier molecular flexibility index (Phi) is 4.19. The minimum absolute atomic E-state index is 0.0217. The number of hydrogen-bond donors (Lipinski definition) is 2. The molecule has 0 spiro atoms. The average molecular weight is 268 g/mol. The fourth-order valence-electron chi connectivity index (χ4n) is 3.00. The monoisotopic (exact) mass is 268 g/mol. The van der Waals surface area contributed by atoms with Crippen LogP contribution in [0.5, 0.6) is 0 Å². The number of carbonyl (C=O) groups is 3. The van der Waals surface area contributed by atoms with Gasteiger partial charge in [-0.2, -0.15) is 0 Å². The molecule has 0 aromatic rings. The average Bonchev–Trinajstić information content (AvgIpc) is 2.64. The van der Waals surface area contributed by atoms with Crippen molar-refractivity contribution in [1.29, 1.82) is 0 Å². The molecule has 2 aliphatic rings. The van der Waals surface area contributed by atoms with E-state index in [-0.39, 0.29) is 30.2 Å². The van der Waals surface area contributed by atoms with Crippen molar-refractivity contribution in [3.8, 4) is 0 Å². The molecule has 2 rings (SSSR count). The van der Waals surface area contributed by atoms with E-state index in [9.17, 15) is 14.4 Å². The number of imide groups is 1. The fraction of sp³-hybridized carbons (Fsp3) is 0.769. The molecule has 1 heterocycles. The summed E-state index contributed by atoms with van der Waals surface area (Å²) in [5, 5.41) is 12.2. The van der Waals surface area contributed by atoms with E-state index in [1.165, 1.54) is 4.90 Å². The van der Waals surface area contributed by atoms with E-state index in [2.05, 4.69) is 5.32 Å². The van der Waals surface area contributed by atoms with Crippen LogP contribution in [-0.2, 0) is 14.4 Å². The van der Waals surface area contributed by atoms with Crippen molar-refractivity contribution in [2.75, 3.05) is 6.54 Å². The Morgan fingerprint density at radius 3 is 2.74 bits per heavy atom. The number of nitrogens with one attached hydrogen (secondary N) is 1. The molecule has 3 atom stereocenters. The van der Waals surface area contributed by atoms with Crippen LogP contribution in [0.3, 0.4) is 0 Å². The number of amides is 2. The van der Waals surface area contributed by atoms with E-state index in [0.29, 0.717) is 19.4 Å². The molecular formula is C13H20N2O4. The Morgan fingerprint density at radius 1 is 1.42 bits per heavy atom. The number of carboxylic acids is 1. The normalized spacial score (nSPS) is 31.8. The van der Waals surface area contributed by atoms with Crippen LogP contribution >= 0.6 is 0 Å². The van der Waals surface area contributed by atoms with E-state index in [1.54, 1.807) is 6.92 Å². The van der Waals surface area contributed by atoms with Gasteiger partial charge in [-0.05, 0) is 26.2 Å². The minimum Gasteiger partial charge on any atom is -0.481 e. The van der Waals surface area contributed by atoms with Crippen LogP contribution in [0.25, 0.3) is 0 Å².